The highest BCUT2D eigenvalue weighted by Crippen LogP contribution is 2.05. The average molecular weight is 578 g/mol. The van der Waals surface area contributed by atoms with Gasteiger partial charge in [0.15, 0.2) is 0 Å². The van der Waals surface area contributed by atoms with Crippen LogP contribution in [0.5, 0.6) is 0 Å². The van der Waals surface area contributed by atoms with Crippen molar-refractivity contribution < 1.29 is 68.7 Å². The zero-order valence-electron chi connectivity index (χ0n) is 21.3. The lowest BCUT2D eigenvalue weighted by atomic mass is 10.0. The Morgan fingerprint density at radius 3 is 1.10 bits per heavy atom. The monoisotopic (exact) mass is 577 g/mol. The summed E-state index contributed by atoms with van der Waals surface area (Å²) in [5.74, 6) is -13.9. The smallest absolute Gasteiger partial charge is 0.326 e. The van der Waals surface area contributed by atoms with Crippen LogP contribution in [0.3, 0.4) is 0 Å². The number of hydrogen-bond acceptors (Lipinski definition) is 10. The highest BCUT2D eigenvalue weighted by atomic mass is 16.4. The number of nitrogens with two attached hydrogens (primary N) is 1. The molecule has 19 nitrogen and oxygen atoms in total. The van der Waals surface area contributed by atoms with E-state index in [9.17, 15) is 48.3 Å². The van der Waals surface area contributed by atoms with E-state index in [0.29, 0.717) is 0 Å². The van der Waals surface area contributed by atoms with E-state index in [1.54, 1.807) is 0 Å². The molecule has 5 atom stereocenters. The summed E-state index contributed by atoms with van der Waals surface area (Å²) in [5.41, 5.74) is 5.37. The maximum Gasteiger partial charge on any atom is 0.326 e. The third kappa shape index (κ3) is 13.1. The minimum atomic E-state index is -2.05. The minimum absolute atomic E-state index is 0.660. The molecular formula is C21H31N5O14. The molecule has 0 spiro atoms. The summed E-state index contributed by atoms with van der Waals surface area (Å²) in [5, 5.41) is 53.0. The van der Waals surface area contributed by atoms with Gasteiger partial charge in [-0.3, -0.25) is 38.4 Å². The summed E-state index contributed by atoms with van der Waals surface area (Å²) in [6.07, 6.45) is -4.22. The molecule has 0 bridgehead atoms. The quantitative estimate of drug-likeness (QED) is 0.0739. The lowest BCUT2D eigenvalue weighted by Crippen LogP contribution is -2.59. The van der Waals surface area contributed by atoms with Crippen molar-refractivity contribution in [2.45, 2.75) is 69.7 Å². The molecule has 19 heteroatoms. The zero-order chi connectivity index (χ0) is 31.3. The van der Waals surface area contributed by atoms with Gasteiger partial charge in [-0.2, -0.15) is 0 Å². The predicted octanol–water partition coefficient (Wildman–Crippen LogP) is -4.11. The number of nitrogens with one attached hydrogen (secondary N) is 4. The van der Waals surface area contributed by atoms with Crippen LogP contribution in [-0.4, -0.2) is 109 Å². The molecule has 0 saturated heterocycles. The molecule has 0 rings (SSSR count). The van der Waals surface area contributed by atoms with Gasteiger partial charge in [0, 0.05) is 0 Å². The molecule has 40 heavy (non-hydrogen) atoms. The van der Waals surface area contributed by atoms with E-state index in [4.69, 9.17) is 26.2 Å². The SMILES string of the molecule is CC(C)[C@H](NC(=O)[C@H](CC(=O)O)NC(=O)[C@H](CC(=O)O)NC(=O)[C@H](CC(=O)O)NC(=O)[C@@H](N)CC(=O)O)C(=O)O. The summed E-state index contributed by atoms with van der Waals surface area (Å²) >= 11 is 0. The third-order valence-electron chi connectivity index (χ3n) is 5.00. The van der Waals surface area contributed by atoms with Crippen LogP contribution in [0.1, 0.15) is 39.5 Å². The van der Waals surface area contributed by atoms with Crippen molar-refractivity contribution in [2.24, 2.45) is 11.7 Å². The molecular weight excluding hydrogens is 546 g/mol. The topological polar surface area (TPSA) is 329 Å². The van der Waals surface area contributed by atoms with Crippen LogP contribution in [0.15, 0.2) is 0 Å². The molecule has 4 amide bonds. The number of carboxylic acids is 5. The summed E-state index contributed by atoms with van der Waals surface area (Å²) in [4.78, 5) is 106. The van der Waals surface area contributed by atoms with E-state index in [2.05, 4.69) is 0 Å². The maximum absolute atomic E-state index is 12.8. The van der Waals surface area contributed by atoms with E-state index < -0.39 is 115 Å². The summed E-state index contributed by atoms with van der Waals surface area (Å²) in [6.45, 7) is 2.87. The number of rotatable bonds is 18. The molecule has 0 aliphatic rings. The van der Waals surface area contributed by atoms with Crippen LogP contribution in [0.25, 0.3) is 0 Å². The molecule has 0 aliphatic carbocycles. The van der Waals surface area contributed by atoms with Gasteiger partial charge < -0.3 is 52.5 Å². The fourth-order valence-corrected chi connectivity index (χ4v) is 3.02. The maximum atomic E-state index is 12.8. The second kappa shape index (κ2) is 16.2. The van der Waals surface area contributed by atoms with Crippen molar-refractivity contribution in [2.75, 3.05) is 0 Å². The van der Waals surface area contributed by atoms with E-state index in [1.807, 2.05) is 21.3 Å². The molecule has 0 heterocycles. The number of amides is 4. The van der Waals surface area contributed by atoms with Crippen LogP contribution < -0.4 is 27.0 Å². The van der Waals surface area contributed by atoms with Gasteiger partial charge in [-0.05, 0) is 5.92 Å². The normalized spacial score (nSPS) is 14.4. The van der Waals surface area contributed by atoms with Crippen LogP contribution in [-0.2, 0) is 43.2 Å². The van der Waals surface area contributed by atoms with Gasteiger partial charge in [0.05, 0.1) is 31.7 Å². The van der Waals surface area contributed by atoms with Crippen LogP contribution >= 0.6 is 0 Å². The van der Waals surface area contributed by atoms with Gasteiger partial charge in [0.25, 0.3) is 0 Å². The first kappa shape index (κ1) is 35.2. The number of carbonyl (C=O) groups is 9. The van der Waals surface area contributed by atoms with Gasteiger partial charge in [0.1, 0.15) is 24.2 Å². The number of aliphatic carboxylic acids is 5. The zero-order valence-corrected chi connectivity index (χ0v) is 21.3. The Labute approximate surface area is 225 Å². The van der Waals surface area contributed by atoms with Crippen molar-refractivity contribution in [1.29, 1.82) is 0 Å². The Morgan fingerprint density at radius 1 is 0.525 bits per heavy atom. The molecule has 0 aliphatic heterocycles. The largest absolute Gasteiger partial charge is 0.481 e. The Kier molecular flexibility index (Phi) is 14.3. The van der Waals surface area contributed by atoms with Crippen molar-refractivity contribution >= 4 is 53.5 Å². The second-order valence-electron chi connectivity index (χ2n) is 8.75. The standard InChI is InChI=1S/C21H31N5O14/c1-7(2)16(21(39)40)26-20(38)11(6-15(33)34)25-19(37)10(5-14(31)32)24-18(36)9(4-13(29)30)23-17(35)8(22)3-12(27)28/h7-11,16H,3-6,22H2,1-2H3,(H,23,35)(H,24,36)(H,25,37)(H,26,38)(H,27,28)(H,29,30)(H,31,32)(H,33,34)(H,39,40)/t8-,9-,10-,11-,16-/m0/s1. The first-order valence-electron chi connectivity index (χ1n) is 11.4. The highest BCUT2D eigenvalue weighted by Gasteiger charge is 2.35. The van der Waals surface area contributed by atoms with E-state index in [0.717, 1.165) is 0 Å². The minimum Gasteiger partial charge on any atom is -0.481 e. The van der Waals surface area contributed by atoms with Crippen molar-refractivity contribution in [1.82, 2.24) is 21.3 Å². The van der Waals surface area contributed by atoms with Crippen LogP contribution in [0.2, 0.25) is 0 Å². The van der Waals surface area contributed by atoms with E-state index in [1.165, 1.54) is 13.8 Å². The Morgan fingerprint density at radius 2 is 0.825 bits per heavy atom. The Hall–Kier alpha value is -4.81. The number of carboxylic acid groups (broad SMARTS) is 5. The predicted molar refractivity (Wildman–Crippen MR) is 127 cm³/mol. The average Bonchev–Trinajstić information content (AvgIpc) is 2.78. The third-order valence-corrected chi connectivity index (χ3v) is 5.00. The van der Waals surface area contributed by atoms with E-state index >= 15 is 0 Å². The summed E-state index contributed by atoms with van der Waals surface area (Å²) < 4.78 is 0. The van der Waals surface area contributed by atoms with Crippen LogP contribution in [0, 0.1) is 5.92 Å². The van der Waals surface area contributed by atoms with Gasteiger partial charge in [-0.1, -0.05) is 13.8 Å². The number of hydrogen-bond donors (Lipinski definition) is 10. The molecule has 11 N–H and O–H groups in total. The molecule has 0 saturated carbocycles. The van der Waals surface area contributed by atoms with Crippen molar-refractivity contribution in [3.05, 3.63) is 0 Å². The fourth-order valence-electron chi connectivity index (χ4n) is 3.02. The molecule has 224 valence electrons. The van der Waals surface area contributed by atoms with Crippen molar-refractivity contribution in [3.63, 3.8) is 0 Å². The lowest BCUT2D eigenvalue weighted by molar-refractivity contribution is -0.145. The second-order valence-corrected chi connectivity index (χ2v) is 8.75. The highest BCUT2D eigenvalue weighted by molar-refractivity contribution is 5.98. The van der Waals surface area contributed by atoms with Crippen molar-refractivity contribution in [3.8, 4) is 0 Å². The Balaban J connectivity index is 5.91. The van der Waals surface area contributed by atoms with Gasteiger partial charge in [-0.25, -0.2) is 4.79 Å². The molecule has 0 aromatic heterocycles. The first-order valence-corrected chi connectivity index (χ1v) is 11.4. The summed E-state index contributed by atoms with van der Waals surface area (Å²) in [7, 11) is 0. The number of carbonyl (C=O) groups excluding carboxylic acids is 4. The molecule has 0 fully saturated rings. The summed E-state index contributed by atoms with van der Waals surface area (Å²) in [6, 6.07) is -9.12. The van der Waals surface area contributed by atoms with Gasteiger partial charge >= 0.3 is 29.8 Å². The van der Waals surface area contributed by atoms with Gasteiger partial charge in [0.2, 0.25) is 23.6 Å². The van der Waals surface area contributed by atoms with E-state index in [-0.39, 0.29) is 0 Å². The fraction of sp³-hybridized carbons (Fsp3) is 0.571. The lowest BCUT2D eigenvalue weighted by Gasteiger charge is -2.25. The first-order chi connectivity index (χ1) is 18.3. The molecule has 0 radical (unpaired) electrons. The Bertz CT molecular complexity index is 1030. The van der Waals surface area contributed by atoms with Gasteiger partial charge in [-0.15, -0.1) is 0 Å². The van der Waals surface area contributed by atoms with Crippen LogP contribution in [0.4, 0.5) is 0 Å². The molecule has 0 unspecified atom stereocenters. The molecule has 0 aromatic rings. The molecule has 0 aromatic carbocycles.